The molecule has 33 heavy (non-hydrogen) atoms. The summed E-state index contributed by atoms with van der Waals surface area (Å²) < 4.78 is 21.1. The number of furan rings is 1. The van der Waals surface area contributed by atoms with E-state index in [-0.39, 0.29) is 34.4 Å². The average molecular weight is 459 g/mol. The molecule has 1 heterocycles. The monoisotopic (exact) mass is 458 g/mol. The third kappa shape index (κ3) is 6.27. The Balaban J connectivity index is 1.69. The van der Waals surface area contributed by atoms with Crippen LogP contribution in [0.15, 0.2) is 34.9 Å². The summed E-state index contributed by atoms with van der Waals surface area (Å²) >= 11 is 0. The molecule has 0 bridgehead atoms. The second-order valence-electron chi connectivity index (χ2n) is 7.99. The van der Waals surface area contributed by atoms with Crippen LogP contribution >= 0.6 is 0 Å². The molecule has 3 rings (SSSR count). The van der Waals surface area contributed by atoms with Crippen molar-refractivity contribution in [3.8, 4) is 11.5 Å². The first-order chi connectivity index (χ1) is 15.9. The first-order valence-corrected chi connectivity index (χ1v) is 11.0. The van der Waals surface area contributed by atoms with Gasteiger partial charge < -0.3 is 29.3 Å². The van der Waals surface area contributed by atoms with Crippen LogP contribution in [0.5, 0.6) is 11.5 Å². The van der Waals surface area contributed by atoms with Gasteiger partial charge in [-0.25, -0.2) is 4.79 Å². The molecular weight excluding hydrogens is 428 g/mol. The van der Waals surface area contributed by atoms with Crippen LogP contribution in [0.4, 0.5) is 5.69 Å². The molecular formula is C24H30N2O7. The van der Waals surface area contributed by atoms with Crippen molar-refractivity contribution < 1.29 is 33.0 Å². The predicted molar refractivity (Wildman–Crippen MR) is 121 cm³/mol. The molecule has 0 saturated heterocycles. The molecule has 1 atom stereocenters. The van der Waals surface area contributed by atoms with Crippen LogP contribution in [0.25, 0.3) is 0 Å². The quantitative estimate of drug-likeness (QED) is 0.549. The molecule has 0 spiro atoms. The number of rotatable bonds is 9. The van der Waals surface area contributed by atoms with Gasteiger partial charge in [-0.3, -0.25) is 9.59 Å². The van der Waals surface area contributed by atoms with E-state index in [1.165, 1.54) is 64.9 Å². The molecule has 1 aliphatic rings. The van der Waals surface area contributed by atoms with Crippen molar-refractivity contribution in [1.29, 1.82) is 0 Å². The Morgan fingerprint density at radius 2 is 1.88 bits per heavy atom. The number of methoxy groups -OCH3 is 2. The van der Waals surface area contributed by atoms with Gasteiger partial charge in [0.2, 0.25) is 0 Å². The fraction of sp³-hybridized carbons (Fsp3) is 0.458. The fourth-order valence-corrected chi connectivity index (χ4v) is 3.83. The van der Waals surface area contributed by atoms with Crippen LogP contribution in [0.1, 0.15) is 59.9 Å². The second-order valence-corrected chi connectivity index (χ2v) is 7.99. The Morgan fingerprint density at radius 1 is 1.12 bits per heavy atom. The van der Waals surface area contributed by atoms with Gasteiger partial charge in [-0.2, -0.15) is 0 Å². The molecule has 0 radical (unpaired) electrons. The first kappa shape index (κ1) is 24.2. The van der Waals surface area contributed by atoms with Gasteiger partial charge in [-0.1, -0.05) is 19.3 Å². The number of carbonyl (C=O) groups is 3. The maximum atomic E-state index is 12.8. The first-order valence-electron chi connectivity index (χ1n) is 11.0. The maximum absolute atomic E-state index is 12.8. The average Bonchev–Trinajstić information content (AvgIpc) is 3.37. The minimum Gasteiger partial charge on any atom is -0.493 e. The van der Waals surface area contributed by atoms with E-state index in [2.05, 4.69) is 10.6 Å². The smallest absolute Gasteiger partial charge is 0.339 e. The summed E-state index contributed by atoms with van der Waals surface area (Å²) in [6.45, 7) is 2.11. The third-order valence-corrected chi connectivity index (χ3v) is 5.65. The molecule has 1 aromatic carbocycles. The number of amides is 2. The number of anilines is 1. The highest BCUT2D eigenvalue weighted by molar-refractivity contribution is 6.04. The SMILES string of the molecule is COc1cc(C(=O)O[C@H](C)C(=O)NCC2CCCCC2)cc(NC(=O)c2ccco2)c1OC. The van der Waals surface area contributed by atoms with Crippen LogP contribution < -0.4 is 20.1 Å². The van der Waals surface area contributed by atoms with Gasteiger partial charge in [-0.05, 0) is 49.9 Å². The van der Waals surface area contributed by atoms with Gasteiger partial charge in [0.05, 0.1) is 31.7 Å². The molecule has 0 unspecified atom stereocenters. The van der Waals surface area contributed by atoms with Gasteiger partial charge >= 0.3 is 5.97 Å². The van der Waals surface area contributed by atoms with Gasteiger partial charge in [0.15, 0.2) is 23.4 Å². The largest absolute Gasteiger partial charge is 0.493 e. The lowest BCUT2D eigenvalue weighted by Crippen LogP contribution is -2.38. The molecule has 2 aromatic rings. The van der Waals surface area contributed by atoms with Crippen molar-refractivity contribution in [2.24, 2.45) is 5.92 Å². The zero-order valence-corrected chi connectivity index (χ0v) is 19.1. The minimum absolute atomic E-state index is 0.0901. The summed E-state index contributed by atoms with van der Waals surface area (Å²) in [7, 11) is 2.82. The van der Waals surface area contributed by atoms with Crippen molar-refractivity contribution >= 4 is 23.5 Å². The number of benzene rings is 1. The normalized spacial score (nSPS) is 14.8. The Bertz CT molecular complexity index is 965. The lowest BCUT2D eigenvalue weighted by Gasteiger charge is -2.22. The van der Waals surface area contributed by atoms with Crippen LogP contribution in [-0.4, -0.2) is 44.7 Å². The van der Waals surface area contributed by atoms with Crippen molar-refractivity contribution in [2.45, 2.75) is 45.1 Å². The van der Waals surface area contributed by atoms with Gasteiger partial charge in [-0.15, -0.1) is 0 Å². The zero-order chi connectivity index (χ0) is 23.8. The van der Waals surface area contributed by atoms with Crippen LogP contribution in [-0.2, 0) is 9.53 Å². The number of hydrogen-bond acceptors (Lipinski definition) is 7. The standard InChI is InChI=1S/C24H30N2O7/c1-15(22(27)25-14-16-8-5-4-6-9-16)33-24(29)17-12-18(21(31-3)20(13-17)30-2)26-23(28)19-10-7-11-32-19/h7,10-13,15-16H,4-6,8-9,14H2,1-3H3,(H,25,27)(H,26,28)/t15-/m1/s1. The summed E-state index contributed by atoms with van der Waals surface area (Å²) in [6, 6.07) is 5.92. The molecule has 1 aliphatic carbocycles. The van der Waals surface area contributed by atoms with Crippen molar-refractivity contribution in [2.75, 3.05) is 26.1 Å². The fourth-order valence-electron chi connectivity index (χ4n) is 3.83. The predicted octanol–water partition coefficient (Wildman–Crippen LogP) is 3.79. The lowest BCUT2D eigenvalue weighted by molar-refractivity contribution is -0.129. The molecule has 0 aliphatic heterocycles. The van der Waals surface area contributed by atoms with E-state index in [4.69, 9.17) is 18.6 Å². The Hall–Kier alpha value is -3.49. The minimum atomic E-state index is -0.977. The van der Waals surface area contributed by atoms with Crippen LogP contribution in [0.3, 0.4) is 0 Å². The Morgan fingerprint density at radius 3 is 2.52 bits per heavy atom. The summed E-state index contributed by atoms with van der Waals surface area (Å²) in [5.41, 5.74) is 0.286. The molecule has 9 nitrogen and oxygen atoms in total. The molecule has 1 fully saturated rings. The molecule has 2 amide bonds. The lowest BCUT2D eigenvalue weighted by atomic mass is 9.89. The summed E-state index contributed by atoms with van der Waals surface area (Å²) in [5, 5.41) is 5.52. The van der Waals surface area contributed by atoms with Gasteiger partial charge in [0.1, 0.15) is 0 Å². The summed E-state index contributed by atoms with van der Waals surface area (Å²) in [5.74, 6) is -0.598. The van der Waals surface area contributed by atoms with Gasteiger partial charge in [0, 0.05) is 6.54 Å². The second kappa shape index (κ2) is 11.4. The number of carbonyl (C=O) groups excluding carboxylic acids is 3. The molecule has 1 saturated carbocycles. The molecule has 2 N–H and O–H groups in total. The van der Waals surface area contributed by atoms with E-state index in [0.29, 0.717) is 12.5 Å². The van der Waals surface area contributed by atoms with Crippen LogP contribution in [0.2, 0.25) is 0 Å². The van der Waals surface area contributed by atoms with Crippen molar-refractivity contribution in [1.82, 2.24) is 5.32 Å². The van der Waals surface area contributed by atoms with Crippen molar-refractivity contribution in [3.63, 3.8) is 0 Å². The molecule has 178 valence electrons. The number of hydrogen-bond donors (Lipinski definition) is 2. The van der Waals surface area contributed by atoms with E-state index >= 15 is 0 Å². The Kier molecular flexibility index (Phi) is 8.34. The maximum Gasteiger partial charge on any atom is 0.339 e. The van der Waals surface area contributed by atoms with E-state index in [1.54, 1.807) is 6.07 Å². The number of esters is 1. The highest BCUT2D eigenvalue weighted by Gasteiger charge is 2.24. The van der Waals surface area contributed by atoms with E-state index in [0.717, 1.165) is 12.8 Å². The van der Waals surface area contributed by atoms with Crippen molar-refractivity contribution in [3.05, 3.63) is 41.9 Å². The number of nitrogens with one attached hydrogen (secondary N) is 2. The highest BCUT2D eigenvalue weighted by atomic mass is 16.5. The Labute approximate surface area is 192 Å². The van der Waals surface area contributed by atoms with Crippen LogP contribution in [0, 0.1) is 5.92 Å². The number of ether oxygens (including phenoxy) is 3. The third-order valence-electron chi connectivity index (χ3n) is 5.65. The molecule has 9 heteroatoms. The van der Waals surface area contributed by atoms with E-state index < -0.39 is 18.0 Å². The topological polar surface area (TPSA) is 116 Å². The zero-order valence-electron chi connectivity index (χ0n) is 19.1. The van der Waals surface area contributed by atoms with Gasteiger partial charge in [0.25, 0.3) is 11.8 Å². The van der Waals surface area contributed by atoms with E-state index in [9.17, 15) is 14.4 Å². The summed E-state index contributed by atoms with van der Waals surface area (Å²) in [4.78, 5) is 37.6. The van der Waals surface area contributed by atoms with E-state index in [1.807, 2.05) is 0 Å². The highest BCUT2D eigenvalue weighted by Crippen LogP contribution is 2.37. The summed E-state index contributed by atoms with van der Waals surface area (Å²) in [6.07, 6.45) is 6.22. The molecule has 1 aromatic heterocycles.